The van der Waals surface area contributed by atoms with Crippen molar-refractivity contribution in [2.45, 2.75) is 6.67 Å². The average Bonchev–Trinajstić information content (AvgIpc) is 3.21. The molecule has 2 heterocycles. The highest BCUT2D eigenvalue weighted by molar-refractivity contribution is 6.31. The predicted octanol–water partition coefficient (Wildman–Crippen LogP) is 1.50. The Bertz CT molecular complexity index is 952. The van der Waals surface area contributed by atoms with Crippen LogP contribution in [0.4, 0.5) is 11.6 Å². The van der Waals surface area contributed by atoms with Crippen LogP contribution in [0.5, 0.6) is 5.75 Å². The van der Waals surface area contributed by atoms with Crippen molar-refractivity contribution in [3.05, 3.63) is 57.6 Å². The van der Waals surface area contributed by atoms with Gasteiger partial charge in [-0.3, -0.25) is 4.79 Å². The highest BCUT2D eigenvalue weighted by Crippen LogP contribution is 2.26. The third-order valence-electron chi connectivity index (χ3n) is 3.06. The summed E-state index contributed by atoms with van der Waals surface area (Å²) < 4.78 is 2.56. The second kappa shape index (κ2) is 6.57. The number of nitrogens with zero attached hydrogens (tertiary/aromatic N) is 6. The van der Waals surface area contributed by atoms with Crippen molar-refractivity contribution in [2.75, 3.05) is 5.32 Å². The van der Waals surface area contributed by atoms with Gasteiger partial charge in [0.05, 0.1) is 5.69 Å². The molecule has 11 nitrogen and oxygen atoms in total. The first-order chi connectivity index (χ1) is 11.9. The van der Waals surface area contributed by atoms with Crippen molar-refractivity contribution in [1.82, 2.24) is 24.5 Å². The lowest BCUT2D eigenvalue weighted by atomic mass is 10.3. The topological polar surface area (TPSA) is 141 Å². The predicted molar refractivity (Wildman–Crippen MR) is 85.4 cm³/mol. The first-order valence-corrected chi connectivity index (χ1v) is 7.17. The van der Waals surface area contributed by atoms with Crippen LogP contribution in [0.2, 0.25) is 5.02 Å². The van der Waals surface area contributed by atoms with Gasteiger partial charge >= 0.3 is 5.95 Å². The lowest BCUT2D eigenvalue weighted by Crippen LogP contribution is -2.15. The molecule has 3 rings (SSSR count). The first-order valence-electron chi connectivity index (χ1n) is 6.79. The Morgan fingerprint density at radius 1 is 1.32 bits per heavy atom. The van der Waals surface area contributed by atoms with Crippen molar-refractivity contribution in [1.29, 1.82) is 0 Å². The summed E-state index contributed by atoms with van der Waals surface area (Å²) in [4.78, 5) is 25.5. The van der Waals surface area contributed by atoms with E-state index in [2.05, 4.69) is 20.5 Å². The number of hydrogen-bond acceptors (Lipinski definition) is 7. The van der Waals surface area contributed by atoms with E-state index in [0.717, 1.165) is 0 Å². The molecule has 0 saturated heterocycles. The van der Waals surface area contributed by atoms with Gasteiger partial charge in [0.2, 0.25) is 6.33 Å². The van der Waals surface area contributed by atoms with Gasteiger partial charge in [0.15, 0.2) is 12.4 Å². The number of aromatic nitrogens is 5. The van der Waals surface area contributed by atoms with Crippen LogP contribution in [0.1, 0.15) is 10.5 Å². The molecule has 3 aromatic rings. The number of phenols is 1. The minimum absolute atomic E-state index is 0.0382. The molecule has 0 aliphatic carbocycles. The second-order valence-corrected chi connectivity index (χ2v) is 5.28. The number of carbonyl (C=O) groups excluding carboxylic acids is 1. The molecule has 0 bridgehead atoms. The summed E-state index contributed by atoms with van der Waals surface area (Å²) in [6.07, 6.45) is 2.68. The normalized spacial score (nSPS) is 10.6. The van der Waals surface area contributed by atoms with E-state index in [1.165, 1.54) is 46.2 Å². The number of anilines is 1. The molecule has 0 unspecified atom stereocenters. The second-order valence-electron chi connectivity index (χ2n) is 4.84. The van der Waals surface area contributed by atoms with Crippen LogP contribution in [0.3, 0.4) is 0 Å². The fourth-order valence-corrected chi connectivity index (χ4v) is 2.11. The van der Waals surface area contributed by atoms with Gasteiger partial charge in [-0.05, 0) is 29.2 Å². The summed E-state index contributed by atoms with van der Waals surface area (Å²) in [7, 11) is 0. The fraction of sp³-hybridized carbons (Fsp3) is 0.0769. The van der Waals surface area contributed by atoms with E-state index in [0.29, 0.717) is 5.02 Å². The van der Waals surface area contributed by atoms with Crippen molar-refractivity contribution < 1.29 is 14.8 Å². The van der Waals surface area contributed by atoms with Crippen LogP contribution in [0, 0.1) is 10.1 Å². The van der Waals surface area contributed by atoms with E-state index < -0.39 is 16.8 Å². The largest absolute Gasteiger partial charge is 0.506 e. The molecule has 0 aliphatic heterocycles. The van der Waals surface area contributed by atoms with Crippen LogP contribution < -0.4 is 5.32 Å². The smallest absolute Gasteiger partial charge is 0.491 e. The van der Waals surface area contributed by atoms with Crippen LogP contribution >= 0.6 is 11.6 Å². The number of carbonyl (C=O) groups is 1. The van der Waals surface area contributed by atoms with Crippen LogP contribution in [-0.4, -0.2) is 40.5 Å². The molecule has 2 aromatic heterocycles. The minimum atomic E-state index is -0.712. The van der Waals surface area contributed by atoms with Gasteiger partial charge in [0.1, 0.15) is 5.75 Å². The number of rotatable bonds is 5. The van der Waals surface area contributed by atoms with Gasteiger partial charge in [0.25, 0.3) is 5.91 Å². The van der Waals surface area contributed by atoms with E-state index in [4.69, 9.17) is 11.6 Å². The Morgan fingerprint density at radius 2 is 2.12 bits per heavy atom. The first kappa shape index (κ1) is 16.4. The van der Waals surface area contributed by atoms with Crippen LogP contribution in [-0.2, 0) is 6.67 Å². The van der Waals surface area contributed by atoms with E-state index in [-0.39, 0.29) is 23.8 Å². The summed E-state index contributed by atoms with van der Waals surface area (Å²) in [5, 5.41) is 30.8. The molecule has 0 spiro atoms. The molecule has 0 fully saturated rings. The van der Waals surface area contributed by atoms with Gasteiger partial charge in [0, 0.05) is 16.3 Å². The monoisotopic (exact) mass is 363 g/mol. The number of halogens is 1. The molecule has 1 amide bonds. The Hall–Kier alpha value is -3.47. The van der Waals surface area contributed by atoms with E-state index >= 15 is 0 Å². The number of phenolic OH excluding ortho intramolecular Hbond substituents is 1. The Labute approximate surface area is 144 Å². The minimum Gasteiger partial charge on any atom is -0.506 e. The third kappa shape index (κ3) is 3.72. The SMILES string of the molecule is O=C(Nc1cc(Cl)ccc1O)c1ccn(Cn2cnc([N+](=O)[O-])n2)n1. The van der Waals surface area contributed by atoms with Gasteiger partial charge in [-0.2, -0.15) is 9.78 Å². The maximum atomic E-state index is 12.2. The molecule has 0 radical (unpaired) electrons. The van der Waals surface area contributed by atoms with Crippen molar-refractivity contribution in [3.8, 4) is 5.75 Å². The summed E-state index contributed by atoms with van der Waals surface area (Å²) in [6, 6.07) is 5.69. The van der Waals surface area contributed by atoms with E-state index in [1.807, 2.05) is 0 Å². The zero-order valence-corrected chi connectivity index (χ0v) is 13.2. The molecule has 25 heavy (non-hydrogen) atoms. The number of benzene rings is 1. The quantitative estimate of drug-likeness (QED) is 0.397. The summed E-state index contributed by atoms with van der Waals surface area (Å²) in [5.41, 5.74) is 0.230. The van der Waals surface area contributed by atoms with E-state index in [9.17, 15) is 20.0 Å². The van der Waals surface area contributed by atoms with Crippen LogP contribution in [0.25, 0.3) is 0 Å². The molecule has 1 aromatic carbocycles. The van der Waals surface area contributed by atoms with E-state index in [1.54, 1.807) is 0 Å². The number of nitrogens with one attached hydrogen (secondary N) is 1. The molecule has 128 valence electrons. The highest BCUT2D eigenvalue weighted by atomic mass is 35.5. The lowest BCUT2D eigenvalue weighted by molar-refractivity contribution is -0.394. The number of aromatic hydroxyl groups is 1. The third-order valence-corrected chi connectivity index (χ3v) is 3.29. The van der Waals surface area contributed by atoms with Gasteiger partial charge in [-0.15, -0.1) is 0 Å². The molecule has 0 saturated carbocycles. The standard InChI is InChI=1S/C13H10ClN7O4/c14-8-1-2-11(22)10(5-8)16-12(23)9-3-4-19(17-9)7-20-6-15-13(18-20)21(24)25/h1-6,22H,7H2,(H,16,23). The zero-order chi connectivity index (χ0) is 18.0. The van der Waals surface area contributed by atoms with Crippen molar-refractivity contribution >= 4 is 29.1 Å². The molecule has 0 aliphatic rings. The Kier molecular flexibility index (Phi) is 4.31. The maximum Gasteiger partial charge on any atom is 0.491 e. The molecule has 12 heteroatoms. The molecular formula is C13H10ClN7O4. The summed E-state index contributed by atoms with van der Waals surface area (Å²) >= 11 is 5.82. The molecular weight excluding hydrogens is 354 g/mol. The lowest BCUT2D eigenvalue weighted by Gasteiger charge is -2.06. The zero-order valence-electron chi connectivity index (χ0n) is 12.4. The van der Waals surface area contributed by atoms with Gasteiger partial charge < -0.3 is 20.5 Å². The molecule has 0 atom stereocenters. The fourth-order valence-electron chi connectivity index (χ4n) is 1.94. The van der Waals surface area contributed by atoms with Crippen LogP contribution in [0.15, 0.2) is 36.8 Å². The van der Waals surface area contributed by atoms with Gasteiger partial charge in [-0.25, -0.2) is 4.68 Å². The number of amides is 1. The maximum absolute atomic E-state index is 12.2. The van der Waals surface area contributed by atoms with Gasteiger partial charge in [-0.1, -0.05) is 16.6 Å². The average molecular weight is 364 g/mol. The summed E-state index contributed by atoms with van der Waals surface area (Å²) in [5.74, 6) is -1.21. The van der Waals surface area contributed by atoms with Crippen molar-refractivity contribution in [3.63, 3.8) is 0 Å². The Balaban J connectivity index is 1.70. The summed E-state index contributed by atoms with van der Waals surface area (Å²) in [6.45, 7) is 0.0382. The molecule has 2 N–H and O–H groups in total. The van der Waals surface area contributed by atoms with Crippen molar-refractivity contribution in [2.24, 2.45) is 0 Å². The highest BCUT2D eigenvalue weighted by Gasteiger charge is 2.15. The Morgan fingerprint density at radius 3 is 2.84 bits per heavy atom. The number of nitro groups is 1. The number of hydrogen-bond donors (Lipinski definition) is 2.